The molecule has 2 rings (SSSR count). The van der Waals surface area contributed by atoms with Gasteiger partial charge in [-0.05, 0) is 32.4 Å². The summed E-state index contributed by atoms with van der Waals surface area (Å²) in [4.78, 5) is 22.9. The first kappa shape index (κ1) is 12.3. The highest BCUT2D eigenvalue weighted by molar-refractivity contribution is 5.73. The number of nitrogens with zero attached hydrogens (tertiary/aromatic N) is 3. The van der Waals surface area contributed by atoms with Crippen molar-refractivity contribution in [1.29, 1.82) is 0 Å². The van der Waals surface area contributed by atoms with E-state index < -0.39 is 11.4 Å². The molecule has 0 atom stereocenters. The lowest BCUT2D eigenvalue weighted by Gasteiger charge is -2.17. The summed E-state index contributed by atoms with van der Waals surface area (Å²) in [6, 6.07) is 5.29. The predicted molar refractivity (Wildman–Crippen MR) is 65.5 cm³/mol. The Morgan fingerprint density at radius 1 is 1.44 bits per heavy atom. The van der Waals surface area contributed by atoms with Crippen molar-refractivity contribution in [1.82, 2.24) is 14.2 Å². The fourth-order valence-corrected chi connectivity index (χ4v) is 1.61. The molecule has 0 saturated heterocycles. The van der Waals surface area contributed by atoms with E-state index in [1.807, 2.05) is 0 Å². The number of rotatable bonds is 4. The van der Waals surface area contributed by atoms with E-state index in [1.165, 1.54) is 9.08 Å². The van der Waals surface area contributed by atoms with E-state index >= 15 is 0 Å². The zero-order valence-electron chi connectivity index (χ0n) is 10.3. The van der Waals surface area contributed by atoms with Gasteiger partial charge in [0.1, 0.15) is 0 Å². The number of hydrogen-bond donors (Lipinski definition) is 1. The summed E-state index contributed by atoms with van der Waals surface area (Å²) in [6.07, 6.45) is 2.00. The monoisotopic (exact) mass is 249 g/mol. The third kappa shape index (κ3) is 2.13. The van der Waals surface area contributed by atoms with Crippen LogP contribution in [0.25, 0.3) is 5.65 Å². The molecule has 0 saturated carbocycles. The average molecular weight is 249 g/mol. The van der Waals surface area contributed by atoms with Crippen molar-refractivity contribution < 1.29 is 9.90 Å². The number of aromatic nitrogens is 3. The Labute approximate surface area is 103 Å². The molecule has 2 heterocycles. The maximum absolute atomic E-state index is 11.9. The maximum atomic E-state index is 11.9. The largest absolute Gasteiger partial charge is 0.481 e. The molecule has 18 heavy (non-hydrogen) atoms. The number of hydrogen-bond acceptors (Lipinski definition) is 3. The van der Waals surface area contributed by atoms with E-state index in [-0.39, 0.29) is 5.69 Å². The zero-order chi connectivity index (χ0) is 13.3. The lowest BCUT2D eigenvalue weighted by molar-refractivity contribution is -0.147. The maximum Gasteiger partial charge on any atom is 0.350 e. The van der Waals surface area contributed by atoms with E-state index in [4.69, 9.17) is 5.11 Å². The van der Waals surface area contributed by atoms with Gasteiger partial charge in [0, 0.05) is 12.7 Å². The van der Waals surface area contributed by atoms with E-state index in [0.717, 1.165) is 0 Å². The van der Waals surface area contributed by atoms with Crippen LogP contribution in [0, 0.1) is 5.41 Å². The van der Waals surface area contributed by atoms with Crippen LogP contribution < -0.4 is 5.69 Å². The van der Waals surface area contributed by atoms with Gasteiger partial charge in [-0.3, -0.25) is 9.20 Å². The van der Waals surface area contributed by atoms with Gasteiger partial charge in [0.05, 0.1) is 5.41 Å². The fraction of sp³-hybridized carbons (Fsp3) is 0.417. The first-order chi connectivity index (χ1) is 8.42. The molecule has 0 aromatic carbocycles. The average Bonchev–Trinajstić information content (AvgIpc) is 2.64. The third-order valence-electron chi connectivity index (χ3n) is 3.02. The second-order valence-electron chi connectivity index (χ2n) is 4.87. The van der Waals surface area contributed by atoms with Gasteiger partial charge < -0.3 is 5.11 Å². The van der Waals surface area contributed by atoms with Crippen LogP contribution in [-0.2, 0) is 11.3 Å². The lowest BCUT2D eigenvalue weighted by Crippen LogP contribution is -2.28. The topological polar surface area (TPSA) is 76.6 Å². The van der Waals surface area contributed by atoms with Crippen LogP contribution in [0.4, 0.5) is 0 Å². The normalized spacial score (nSPS) is 11.9. The molecule has 0 amide bonds. The van der Waals surface area contributed by atoms with Gasteiger partial charge in [0.15, 0.2) is 5.65 Å². The Bertz CT molecular complexity index is 639. The predicted octanol–water partition coefficient (Wildman–Crippen LogP) is 0.997. The molecular formula is C12H15N3O3. The standard InChI is InChI=1S/C12H15N3O3/c1-12(2,10(16)17)6-8-15-11(18)14-7-4-3-5-9(14)13-15/h3-5,7H,6,8H2,1-2H3,(H,16,17). The summed E-state index contributed by atoms with van der Waals surface area (Å²) < 4.78 is 2.74. The number of carboxylic acids is 1. The molecule has 6 heteroatoms. The summed E-state index contributed by atoms with van der Waals surface area (Å²) >= 11 is 0. The highest BCUT2D eigenvalue weighted by atomic mass is 16.4. The highest BCUT2D eigenvalue weighted by Crippen LogP contribution is 2.20. The van der Waals surface area contributed by atoms with Gasteiger partial charge in [0.25, 0.3) is 0 Å². The number of aliphatic carboxylic acids is 1. The van der Waals surface area contributed by atoms with Crippen molar-refractivity contribution in [2.75, 3.05) is 0 Å². The molecule has 0 aliphatic heterocycles. The van der Waals surface area contributed by atoms with E-state index in [2.05, 4.69) is 5.10 Å². The summed E-state index contributed by atoms with van der Waals surface area (Å²) in [6.45, 7) is 3.56. The van der Waals surface area contributed by atoms with Gasteiger partial charge in [-0.25, -0.2) is 9.48 Å². The van der Waals surface area contributed by atoms with Crippen LogP contribution in [0.15, 0.2) is 29.2 Å². The van der Waals surface area contributed by atoms with Gasteiger partial charge in [-0.15, -0.1) is 5.10 Å². The minimum absolute atomic E-state index is 0.244. The Kier molecular flexibility index (Phi) is 2.94. The number of carboxylic acid groups (broad SMARTS) is 1. The van der Waals surface area contributed by atoms with Gasteiger partial charge >= 0.3 is 11.7 Å². The molecular weight excluding hydrogens is 234 g/mol. The fourth-order valence-electron chi connectivity index (χ4n) is 1.61. The smallest absolute Gasteiger partial charge is 0.350 e. The van der Waals surface area contributed by atoms with Crippen LogP contribution in [-0.4, -0.2) is 25.3 Å². The van der Waals surface area contributed by atoms with Gasteiger partial charge in [-0.1, -0.05) is 6.07 Å². The second kappa shape index (κ2) is 4.29. The van der Waals surface area contributed by atoms with E-state index in [0.29, 0.717) is 18.6 Å². The van der Waals surface area contributed by atoms with Crippen molar-refractivity contribution in [2.24, 2.45) is 5.41 Å². The SMILES string of the molecule is CC(C)(CCn1nc2ccccn2c1=O)C(=O)O. The molecule has 96 valence electrons. The van der Waals surface area contributed by atoms with Crippen LogP contribution >= 0.6 is 0 Å². The van der Waals surface area contributed by atoms with Crippen LogP contribution in [0.2, 0.25) is 0 Å². The molecule has 0 fully saturated rings. The quantitative estimate of drug-likeness (QED) is 0.876. The molecule has 0 bridgehead atoms. The molecule has 0 radical (unpaired) electrons. The van der Waals surface area contributed by atoms with Crippen molar-refractivity contribution in [3.8, 4) is 0 Å². The lowest BCUT2D eigenvalue weighted by atomic mass is 9.90. The number of aryl methyl sites for hydroxylation is 1. The first-order valence-corrected chi connectivity index (χ1v) is 5.69. The Morgan fingerprint density at radius 3 is 2.78 bits per heavy atom. The third-order valence-corrected chi connectivity index (χ3v) is 3.02. The molecule has 6 nitrogen and oxygen atoms in total. The van der Waals surface area contributed by atoms with Crippen LogP contribution in [0.1, 0.15) is 20.3 Å². The molecule has 1 N–H and O–H groups in total. The van der Waals surface area contributed by atoms with Crippen molar-refractivity contribution in [2.45, 2.75) is 26.8 Å². The van der Waals surface area contributed by atoms with Crippen LogP contribution in [0.3, 0.4) is 0 Å². The number of carbonyl (C=O) groups is 1. The van der Waals surface area contributed by atoms with Crippen molar-refractivity contribution in [3.63, 3.8) is 0 Å². The van der Waals surface area contributed by atoms with Gasteiger partial charge in [-0.2, -0.15) is 0 Å². The minimum Gasteiger partial charge on any atom is -0.481 e. The summed E-state index contributed by atoms with van der Waals surface area (Å²) in [5.41, 5.74) is -0.544. The van der Waals surface area contributed by atoms with Crippen molar-refractivity contribution in [3.05, 3.63) is 34.9 Å². The van der Waals surface area contributed by atoms with E-state index in [9.17, 15) is 9.59 Å². The summed E-state index contributed by atoms with van der Waals surface area (Å²) in [5, 5.41) is 13.2. The van der Waals surface area contributed by atoms with Crippen molar-refractivity contribution >= 4 is 11.6 Å². The molecule has 0 aliphatic carbocycles. The number of fused-ring (bicyclic) bond motifs is 1. The first-order valence-electron chi connectivity index (χ1n) is 5.69. The zero-order valence-corrected chi connectivity index (χ0v) is 10.3. The second-order valence-corrected chi connectivity index (χ2v) is 4.87. The minimum atomic E-state index is -0.876. The Morgan fingerprint density at radius 2 is 2.17 bits per heavy atom. The molecule has 0 unspecified atom stereocenters. The Balaban J connectivity index is 2.26. The summed E-state index contributed by atoms with van der Waals surface area (Å²) in [7, 11) is 0. The van der Waals surface area contributed by atoms with Crippen LogP contribution in [0.5, 0.6) is 0 Å². The highest BCUT2D eigenvalue weighted by Gasteiger charge is 2.27. The molecule has 0 aliphatic rings. The molecule has 2 aromatic heterocycles. The number of pyridine rings is 1. The van der Waals surface area contributed by atoms with Gasteiger partial charge in [0.2, 0.25) is 0 Å². The summed E-state index contributed by atoms with van der Waals surface area (Å²) in [5.74, 6) is -0.876. The molecule has 2 aromatic rings. The Hall–Kier alpha value is -2.11. The molecule has 0 spiro atoms. The van der Waals surface area contributed by atoms with E-state index in [1.54, 1.807) is 38.2 Å².